The van der Waals surface area contributed by atoms with Crippen LogP contribution in [0.2, 0.25) is 5.02 Å². The largest absolute Gasteiger partial charge is 0.496 e. The summed E-state index contributed by atoms with van der Waals surface area (Å²) in [4.78, 5) is 42.7. The van der Waals surface area contributed by atoms with Crippen LogP contribution in [0.5, 0.6) is 5.75 Å². The Morgan fingerprint density at radius 3 is 2.40 bits per heavy atom. The summed E-state index contributed by atoms with van der Waals surface area (Å²) in [5.41, 5.74) is 7.95. The minimum absolute atomic E-state index is 0.000979. The average Bonchev–Trinajstić information content (AvgIpc) is 3.00. The monoisotopic (exact) mass is 613 g/mol. The van der Waals surface area contributed by atoms with Crippen molar-refractivity contribution < 1.29 is 28.6 Å². The van der Waals surface area contributed by atoms with Gasteiger partial charge in [-0.1, -0.05) is 23.7 Å². The highest BCUT2D eigenvalue weighted by Gasteiger charge is 2.36. The van der Waals surface area contributed by atoms with E-state index >= 15 is 0 Å². The molecule has 4 fully saturated rings. The maximum absolute atomic E-state index is 13.0. The molecule has 4 heterocycles. The Kier molecular flexibility index (Phi) is 10.1. The molecule has 4 N–H and O–H groups in total. The van der Waals surface area contributed by atoms with E-state index in [-0.39, 0.29) is 59.6 Å². The van der Waals surface area contributed by atoms with E-state index in [1.54, 1.807) is 19.2 Å². The first kappa shape index (κ1) is 31.1. The van der Waals surface area contributed by atoms with E-state index < -0.39 is 0 Å². The Morgan fingerprint density at radius 2 is 1.74 bits per heavy atom. The molecule has 4 aliphatic rings. The molecule has 3 unspecified atom stereocenters. The lowest BCUT2D eigenvalue weighted by molar-refractivity contribution is -0.157. The maximum atomic E-state index is 13.0. The smallest absolute Gasteiger partial charge is 0.310 e. The van der Waals surface area contributed by atoms with Crippen LogP contribution in [-0.2, 0) is 25.5 Å². The van der Waals surface area contributed by atoms with Gasteiger partial charge in [0.2, 0.25) is 5.91 Å². The number of hydrogen-bond acceptors (Lipinski definition) is 9. The van der Waals surface area contributed by atoms with Crippen molar-refractivity contribution >= 4 is 40.8 Å². The Bertz CT molecular complexity index is 1320. The summed E-state index contributed by atoms with van der Waals surface area (Å²) in [6, 6.07) is 10.0. The summed E-state index contributed by atoms with van der Waals surface area (Å²) in [6.07, 6.45) is 2.68. The van der Waals surface area contributed by atoms with Gasteiger partial charge in [-0.05, 0) is 62.0 Å². The lowest BCUT2D eigenvalue weighted by Crippen LogP contribution is -2.55. The van der Waals surface area contributed by atoms with Gasteiger partial charge in [0.25, 0.3) is 5.91 Å². The van der Waals surface area contributed by atoms with Gasteiger partial charge in [0.1, 0.15) is 11.9 Å². The fraction of sp³-hybridized carbons (Fsp3) is 0.516. The number of benzene rings is 2. The first-order chi connectivity index (χ1) is 20.7. The number of ether oxygens (including phenoxy) is 3. The first-order valence-electron chi connectivity index (χ1n) is 14.7. The van der Waals surface area contributed by atoms with E-state index in [9.17, 15) is 14.4 Å². The molecular formula is C31H40ClN5O6. The Labute approximate surface area is 256 Å². The van der Waals surface area contributed by atoms with Crippen molar-refractivity contribution in [3.63, 3.8) is 0 Å². The number of fused-ring (bicyclic) bond motifs is 3. The van der Waals surface area contributed by atoms with E-state index in [1.165, 1.54) is 19.2 Å². The van der Waals surface area contributed by atoms with Crippen LogP contribution in [0.15, 0.2) is 36.4 Å². The molecule has 2 aromatic rings. The molecule has 0 aromatic heterocycles. The van der Waals surface area contributed by atoms with E-state index in [4.69, 9.17) is 31.5 Å². The van der Waals surface area contributed by atoms with E-state index in [0.29, 0.717) is 42.6 Å². The number of rotatable bonds is 10. The molecule has 6 rings (SSSR count). The number of nitrogen functional groups attached to an aromatic ring is 1. The van der Waals surface area contributed by atoms with Gasteiger partial charge in [-0.3, -0.25) is 24.2 Å². The Morgan fingerprint density at radius 1 is 1.00 bits per heavy atom. The van der Waals surface area contributed by atoms with Gasteiger partial charge in [-0.15, -0.1) is 0 Å². The second-order valence-electron chi connectivity index (χ2n) is 11.5. The van der Waals surface area contributed by atoms with Gasteiger partial charge in [0, 0.05) is 38.5 Å². The highest BCUT2D eigenvalue weighted by atomic mass is 35.5. The van der Waals surface area contributed by atoms with Gasteiger partial charge < -0.3 is 30.6 Å². The van der Waals surface area contributed by atoms with Gasteiger partial charge >= 0.3 is 5.97 Å². The zero-order valence-electron chi connectivity index (χ0n) is 24.6. The predicted molar refractivity (Wildman–Crippen MR) is 163 cm³/mol. The van der Waals surface area contributed by atoms with Crippen molar-refractivity contribution in [2.75, 3.05) is 64.5 Å². The first-order valence-corrected chi connectivity index (χ1v) is 15.1. The van der Waals surface area contributed by atoms with Gasteiger partial charge in [-0.2, -0.15) is 0 Å². The van der Waals surface area contributed by atoms with Gasteiger partial charge in [-0.25, -0.2) is 0 Å². The van der Waals surface area contributed by atoms with Crippen molar-refractivity contribution in [1.29, 1.82) is 0 Å². The van der Waals surface area contributed by atoms with Crippen LogP contribution >= 0.6 is 11.6 Å². The minimum Gasteiger partial charge on any atom is -0.496 e. The molecule has 232 valence electrons. The molecule has 0 radical (unpaired) electrons. The predicted octanol–water partition coefficient (Wildman–Crippen LogP) is 2.57. The summed E-state index contributed by atoms with van der Waals surface area (Å²) in [6.45, 7) is 4.29. The topological polar surface area (TPSA) is 135 Å². The van der Waals surface area contributed by atoms with Crippen LogP contribution in [0.25, 0.3) is 0 Å². The second-order valence-corrected chi connectivity index (χ2v) is 11.9. The van der Waals surface area contributed by atoms with Crippen molar-refractivity contribution in [3.05, 3.63) is 52.5 Å². The fourth-order valence-corrected chi connectivity index (χ4v) is 6.38. The van der Waals surface area contributed by atoms with Crippen LogP contribution in [0, 0.1) is 5.92 Å². The number of carbonyl (C=O) groups excluding carboxylic acids is 3. The third-order valence-electron chi connectivity index (χ3n) is 8.66. The Balaban J connectivity index is 1.07. The number of halogens is 1. The number of methoxy groups -OCH3 is 2. The number of nitrogens with zero attached hydrogens (tertiary/aromatic N) is 2. The van der Waals surface area contributed by atoms with Gasteiger partial charge in [0.15, 0.2) is 0 Å². The summed E-state index contributed by atoms with van der Waals surface area (Å²) in [7, 11) is 3.05. The van der Waals surface area contributed by atoms with Crippen molar-refractivity contribution in [2.24, 2.45) is 5.92 Å². The molecule has 4 saturated heterocycles. The van der Waals surface area contributed by atoms with E-state index in [2.05, 4.69) is 15.5 Å². The number of amides is 2. The second kappa shape index (κ2) is 13.9. The molecule has 12 heteroatoms. The normalized spacial score (nSPS) is 25.1. The molecular weight excluding hydrogens is 574 g/mol. The molecule has 0 saturated carbocycles. The number of nitrogens with two attached hydrogens (primary N) is 1. The average molecular weight is 614 g/mol. The molecule has 0 aliphatic carbocycles. The number of hydrogen-bond donors (Lipinski definition) is 3. The van der Waals surface area contributed by atoms with Crippen molar-refractivity contribution in [2.45, 2.75) is 43.9 Å². The molecule has 4 aliphatic heterocycles. The molecule has 2 aromatic carbocycles. The van der Waals surface area contributed by atoms with Crippen molar-refractivity contribution in [3.8, 4) is 5.75 Å². The number of piperidine rings is 4. The fourth-order valence-electron chi connectivity index (χ4n) is 6.22. The third kappa shape index (κ3) is 7.77. The standard InChI is InChI=1S/C31H40ClN5O6/c1-41-26-15-24(33)23(32)14-22(26)31(40)35-25-9-12-37(17-28(25)42-2)18-29(38)34-21-5-3-19(4-6-21)13-30(39)43-27-16-36-10-7-20(27)8-11-36/h3-6,14-15,20,25,27-28H,7-13,16-18,33H2,1-2H3,(H,34,38)(H,35,40). The SMILES string of the molecule is COc1cc(N)c(Cl)cc1C(=O)NC1CCN(CC(=O)Nc2ccc(CC(=O)OC3CN4CCC3CC4)cc2)CC1OC. The lowest BCUT2D eigenvalue weighted by Gasteiger charge is -2.43. The lowest BCUT2D eigenvalue weighted by atomic mass is 9.86. The minimum atomic E-state index is -0.340. The van der Waals surface area contributed by atoms with Crippen LogP contribution in [0.3, 0.4) is 0 Å². The number of anilines is 2. The molecule has 2 amide bonds. The number of likely N-dealkylation sites (tertiary alicyclic amines) is 1. The van der Waals surface area contributed by atoms with Gasteiger partial charge in [0.05, 0.1) is 48.5 Å². The molecule has 2 bridgehead atoms. The highest BCUT2D eigenvalue weighted by molar-refractivity contribution is 6.33. The van der Waals surface area contributed by atoms with Crippen LogP contribution in [-0.4, -0.2) is 99.3 Å². The molecule has 3 atom stereocenters. The summed E-state index contributed by atoms with van der Waals surface area (Å²) in [5, 5.41) is 6.21. The number of nitrogens with one attached hydrogen (secondary N) is 2. The van der Waals surface area contributed by atoms with E-state index in [0.717, 1.165) is 38.0 Å². The summed E-state index contributed by atoms with van der Waals surface area (Å²) < 4.78 is 16.8. The highest BCUT2D eigenvalue weighted by Crippen LogP contribution is 2.30. The zero-order chi connectivity index (χ0) is 30.5. The van der Waals surface area contributed by atoms with E-state index in [1.807, 2.05) is 17.0 Å². The number of carbonyl (C=O) groups is 3. The summed E-state index contributed by atoms with van der Waals surface area (Å²) >= 11 is 6.13. The summed E-state index contributed by atoms with van der Waals surface area (Å²) in [5.74, 6) is 0.105. The maximum Gasteiger partial charge on any atom is 0.310 e. The van der Waals surface area contributed by atoms with Crippen LogP contribution in [0.4, 0.5) is 11.4 Å². The molecule has 43 heavy (non-hydrogen) atoms. The molecule has 11 nitrogen and oxygen atoms in total. The molecule has 0 spiro atoms. The van der Waals surface area contributed by atoms with Crippen LogP contribution < -0.4 is 21.1 Å². The quantitative estimate of drug-likeness (QED) is 0.273. The van der Waals surface area contributed by atoms with Crippen molar-refractivity contribution in [1.82, 2.24) is 15.1 Å². The number of esters is 1. The third-order valence-corrected chi connectivity index (χ3v) is 8.99. The zero-order valence-corrected chi connectivity index (χ0v) is 25.4. The van der Waals surface area contributed by atoms with Crippen LogP contribution in [0.1, 0.15) is 35.2 Å². The Hall–Kier alpha value is -3.38.